The van der Waals surface area contributed by atoms with Crippen molar-refractivity contribution in [1.29, 1.82) is 0 Å². The number of pyridine rings is 1. The summed E-state index contributed by atoms with van der Waals surface area (Å²) in [6, 6.07) is 70.5. The van der Waals surface area contributed by atoms with Crippen molar-refractivity contribution in [2.45, 2.75) is 5.41 Å². The number of rotatable bonds is 4. The van der Waals surface area contributed by atoms with Gasteiger partial charge in [-0.05, 0) is 51.9 Å². The van der Waals surface area contributed by atoms with Gasteiger partial charge in [-0.1, -0.05) is 176 Å². The largest absolute Gasteiger partial charge is 0.457 e. The molecule has 0 amide bonds. The second kappa shape index (κ2) is 12.7. The first-order valence-corrected chi connectivity index (χ1v) is 19.7. The lowest BCUT2D eigenvalue weighted by Crippen LogP contribution is -2.32. The second-order valence-electron chi connectivity index (χ2n) is 15.1. The molecule has 1 spiro atoms. The first-order valence-electron chi connectivity index (χ1n) is 19.7. The van der Waals surface area contributed by atoms with Gasteiger partial charge in [0.15, 0.2) is 5.82 Å². The van der Waals surface area contributed by atoms with E-state index in [4.69, 9.17) is 19.7 Å². The van der Waals surface area contributed by atoms with Crippen LogP contribution in [0.15, 0.2) is 200 Å². The maximum Gasteiger partial charge on any atom is 0.160 e. The van der Waals surface area contributed by atoms with E-state index in [1.54, 1.807) is 0 Å². The molecule has 0 radical (unpaired) electrons. The summed E-state index contributed by atoms with van der Waals surface area (Å²) in [4.78, 5) is 15.8. The number of ether oxygens (including phenoxy) is 1. The van der Waals surface area contributed by atoms with Crippen LogP contribution < -0.4 is 4.74 Å². The van der Waals surface area contributed by atoms with Crippen LogP contribution in [-0.2, 0) is 5.41 Å². The molecule has 10 aromatic rings. The number of benzene rings is 8. The fourth-order valence-corrected chi connectivity index (χ4v) is 9.47. The molecule has 0 bridgehead atoms. The van der Waals surface area contributed by atoms with E-state index in [9.17, 15) is 0 Å². The van der Waals surface area contributed by atoms with Crippen molar-refractivity contribution in [3.8, 4) is 67.8 Å². The molecular formula is C54H33N3O. The predicted molar refractivity (Wildman–Crippen MR) is 234 cm³/mol. The molecule has 4 heteroatoms. The van der Waals surface area contributed by atoms with Crippen LogP contribution in [0.4, 0.5) is 0 Å². The number of hydrogen-bond acceptors (Lipinski definition) is 4. The molecule has 58 heavy (non-hydrogen) atoms. The molecule has 0 N–H and O–H groups in total. The average molecular weight is 740 g/mol. The van der Waals surface area contributed by atoms with Crippen molar-refractivity contribution in [3.63, 3.8) is 0 Å². The zero-order valence-electron chi connectivity index (χ0n) is 31.3. The average Bonchev–Trinajstić information content (AvgIpc) is 3.60. The molecule has 12 rings (SSSR count). The molecule has 3 heterocycles. The van der Waals surface area contributed by atoms with Crippen molar-refractivity contribution in [3.05, 3.63) is 222 Å². The van der Waals surface area contributed by atoms with Gasteiger partial charge in [-0.3, -0.25) is 0 Å². The van der Waals surface area contributed by atoms with Crippen molar-refractivity contribution in [2.24, 2.45) is 0 Å². The molecule has 0 saturated heterocycles. The molecule has 0 fully saturated rings. The van der Waals surface area contributed by atoms with Crippen molar-refractivity contribution in [1.82, 2.24) is 15.0 Å². The zero-order chi connectivity index (χ0) is 38.2. The van der Waals surface area contributed by atoms with Gasteiger partial charge in [0, 0.05) is 44.2 Å². The summed E-state index contributed by atoms with van der Waals surface area (Å²) < 4.78 is 6.62. The zero-order valence-corrected chi connectivity index (χ0v) is 31.3. The van der Waals surface area contributed by atoms with Gasteiger partial charge in [0.1, 0.15) is 11.5 Å². The van der Waals surface area contributed by atoms with Crippen molar-refractivity contribution < 1.29 is 4.74 Å². The first kappa shape index (κ1) is 32.5. The molecule has 2 aromatic heterocycles. The Morgan fingerprint density at radius 2 is 0.931 bits per heavy atom. The molecule has 0 unspecified atom stereocenters. The van der Waals surface area contributed by atoms with Gasteiger partial charge in [0.25, 0.3) is 0 Å². The molecule has 4 nitrogen and oxygen atoms in total. The molecular weight excluding hydrogens is 707 g/mol. The minimum Gasteiger partial charge on any atom is -0.457 e. The van der Waals surface area contributed by atoms with Crippen molar-refractivity contribution >= 4 is 21.7 Å². The Morgan fingerprint density at radius 1 is 0.379 bits per heavy atom. The summed E-state index contributed by atoms with van der Waals surface area (Å²) in [5, 5.41) is 3.40. The molecule has 2 aliphatic rings. The summed E-state index contributed by atoms with van der Waals surface area (Å²) >= 11 is 0. The van der Waals surface area contributed by atoms with E-state index in [0.29, 0.717) is 5.82 Å². The lowest BCUT2D eigenvalue weighted by Gasteiger charge is -2.39. The Bertz CT molecular complexity index is 3150. The predicted octanol–water partition coefficient (Wildman–Crippen LogP) is 13.3. The number of fused-ring (bicyclic) bond motifs is 13. The van der Waals surface area contributed by atoms with Crippen LogP contribution in [0.3, 0.4) is 0 Å². The highest BCUT2D eigenvalue weighted by atomic mass is 16.5. The van der Waals surface area contributed by atoms with Gasteiger partial charge < -0.3 is 4.74 Å². The Hall–Kier alpha value is -7.69. The fourth-order valence-electron chi connectivity index (χ4n) is 9.47. The van der Waals surface area contributed by atoms with E-state index >= 15 is 0 Å². The van der Waals surface area contributed by atoms with Gasteiger partial charge in [0.2, 0.25) is 0 Å². The third kappa shape index (κ3) is 4.72. The Kier molecular flexibility index (Phi) is 7.11. The molecule has 0 saturated carbocycles. The van der Waals surface area contributed by atoms with E-state index in [0.717, 1.165) is 83.6 Å². The minimum absolute atomic E-state index is 0.571. The molecule has 8 aromatic carbocycles. The highest BCUT2D eigenvalue weighted by molar-refractivity contribution is 6.19. The van der Waals surface area contributed by atoms with Crippen LogP contribution in [0.1, 0.15) is 22.3 Å². The fraction of sp³-hybridized carbons (Fsp3) is 0.0185. The van der Waals surface area contributed by atoms with E-state index < -0.39 is 5.41 Å². The number of nitrogens with zero attached hydrogens (tertiary/aromatic N) is 3. The second-order valence-corrected chi connectivity index (χ2v) is 15.1. The quantitative estimate of drug-likeness (QED) is 0.169. The first-order chi connectivity index (χ1) is 28.8. The van der Waals surface area contributed by atoms with E-state index in [-0.39, 0.29) is 0 Å². The third-order valence-corrected chi connectivity index (χ3v) is 11.9. The van der Waals surface area contributed by atoms with Crippen LogP contribution in [0.5, 0.6) is 11.5 Å². The molecule has 0 atom stereocenters. The van der Waals surface area contributed by atoms with Crippen LogP contribution >= 0.6 is 0 Å². The lowest BCUT2D eigenvalue weighted by atomic mass is 9.66. The highest BCUT2D eigenvalue weighted by Gasteiger charge is 2.51. The maximum atomic E-state index is 6.62. The van der Waals surface area contributed by atoms with Crippen LogP contribution in [0, 0.1) is 0 Å². The summed E-state index contributed by atoms with van der Waals surface area (Å²) in [7, 11) is 0. The van der Waals surface area contributed by atoms with Gasteiger partial charge in [0.05, 0.1) is 28.0 Å². The minimum atomic E-state index is -0.571. The molecule has 1 aliphatic heterocycles. The van der Waals surface area contributed by atoms with Gasteiger partial charge >= 0.3 is 0 Å². The summed E-state index contributed by atoms with van der Waals surface area (Å²) in [6.45, 7) is 0. The van der Waals surface area contributed by atoms with Gasteiger partial charge in [-0.2, -0.15) is 0 Å². The number of aromatic nitrogens is 3. The van der Waals surface area contributed by atoms with E-state index in [1.807, 2.05) is 36.4 Å². The van der Waals surface area contributed by atoms with Crippen LogP contribution in [-0.4, -0.2) is 15.0 Å². The molecule has 1 aliphatic carbocycles. The Morgan fingerprint density at radius 3 is 1.62 bits per heavy atom. The monoisotopic (exact) mass is 739 g/mol. The smallest absolute Gasteiger partial charge is 0.160 e. The van der Waals surface area contributed by atoms with Crippen molar-refractivity contribution in [2.75, 3.05) is 0 Å². The number of hydrogen-bond donors (Lipinski definition) is 0. The lowest BCUT2D eigenvalue weighted by molar-refractivity contribution is 0.436. The van der Waals surface area contributed by atoms with Crippen LogP contribution in [0.2, 0.25) is 0 Å². The summed E-state index contributed by atoms with van der Waals surface area (Å²) in [6.07, 6.45) is 0. The summed E-state index contributed by atoms with van der Waals surface area (Å²) in [5.74, 6) is 2.45. The van der Waals surface area contributed by atoms with Gasteiger partial charge in [-0.25, -0.2) is 15.0 Å². The third-order valence-electron chi connectivity index (χ3n) is 11.9. The summed E-state index contributed by atoms with van der Waals surface area (Å²) in [5.41, 5.74) is 14.3. The Balaban J connectivity index is 1.15. The van der Waals surface area contributed by atoms with Gasteiger partial charge in [-0.15, -0.1) is 0 Å². The maximum absolute atomic E-state index is 6.62. The topological polar surface area (TPSA) is 47.9 Å². The van der Waals surface area contributed by atoms with E-state index in [2.05, 4.69) is 164 Å². The molecule has 270 valence electrons. The number of para-hydroxylation sites is 2. The standard InChI is InChI=1S/C54H33N3O/c1-4-16-34(17-5-1)45-33-46(57-53(56-45)36-20-8-3-9-21-36)37-28-29-38-39-30-31-44-50(51(39)52(55-47(38)32-37)35-18-6-2-7-19-35)40-22-10-11-23-41(40)54(44)42-24-12-14-26-48(42)58-49-27-15-13-25-43(49)54/h1-33H. The highest BCUT2D eigenvalue weighted by Crippen LogP contribution is 2.63. The van der Waals surface area contributed by atoms with E-state index in [1.165, 1.54) is 22.3 Å². The Labute approximate surface area is 335 Å². The van der Waals surface area contributed by atoms with Crippen LogP contribution in [0.25, 0.3) is 78.0 Å². The normalized spacial score (nSPS) is 13.1. The SMILES string of the molecule is c1ccc(-c2cc(-c3ccc4c(c3)nc(-c3ccccc3)c3c5c(ccc34)C3(c4ccccc4Oc4ccccc43)c3ccccc3-5)nc(-c3ccccc3)n2)cc1.